The molecule has 5 nitrogen and oxygen atoms in total. The third kappa shape index (κ3) is 5.30. The number of aliphatic carboxylic acids is 1. The van der Waals surface area contributed by atoms with E-state index in [9.17, 15) is 14.7 Å². The molecular formula is C17H34N2O3S2. The van der Waals surface area contributed by atoms with Crippen LogP contribution in [0.4, 0.5) is 0 Å². The molecule has 1 amide bonds. The highest BCUT2D eigenvalue weighted by Crippen LogP contribution is 2.40. The van der Waals surface area contributed by atoms with Crippen LogP contribution in [0, 0.1) is 5.92 Å². The Morgan fingerprint density at radius 2 is 1.83 bits per heavy atom. The second-order valence-corrected chi connectivity index (χ2v) is 7.03. The Balaban J connectivity index is 0.00000264. The number of fused-ring (bicyclic) bond motifs is 1. The zero-order valence-electron chi connectivity index (χ0n) is 15.0. The number of rotatable bonds is 6. The van der Waals surface area contributed by atoms with E-state index in [-0.39, 0.29) is 51.0 Å². The van der Waals surface area contributed by atoms with Crippen molar-refractivity contribution >= 4 is 38.9 Å². The second-order valence-electron chi connectivity index (χ2n) is 7.03. The predicted molar refractivity (Wildman–Crippen MR) is 106 cm³/mol. The fourth-order valence-electron chi connectivity index (χ4n) is 4.24. The largest absolute Gasteiger partial charge is 0.480 e. The second kappa shape index (κ2) is 10.6. The molecule has 0 aromatic rings. The molecule has 0 unspecified atom stereocenters. The first-order valence-corrected chi connectivity index (χ1v) is 8.76. The third-order valence-electron chi connectivity index (χ3n) is 5.25. The number of carbonyl (C=O) groups is 2. The van der Waals surface area contributed by atoms with E-state index in [4.69, 9.17) is 0 Å². The number of likely N-dealkylation sites (tertiary alicyclic amines) is 1. The molecule has 5 atom stereocenters. The number of carboxylic acids is 1. The molecule has 1 aliphatic carbocycles. The maximum atomic E-state index is 12.9. The first-order valence-electron chi connectivity index (χ1n) is 8.76. The van der Waals surface area contributed by atoms with Gasteiger partial charge < -0.3 is 15.3 Å². The van der Waals surface area contributed by atoms with Gasteiger partial charge in [-0.1, -0.05) is 26.2 Å². The normalized spacial score (nSPS) is 28.1. The Morgan fingerprint density at radius 1 is 1.21 bits per heavy atom. The number of carboxylic acid groups (broad SMARTS) is 1. The van der Waals surface area contributed by atoms with E-state index in [1.54, 1.807) is 4.90 Å². The summed E-state index contributed by atoms with van der Waals surface area (Å²) in [7, 11) is 0. The highest BCUT2D eigenvalue weighted by molar-refractivity contribution is 7.59. The van der Waals surface area contributed by atoms with Gasteiger partial charge in [0, 0.05) is 12.1 Å². The molecule has 1 heterocycles. The highest BCUT2D eigenvalue weighted by Gasteiger charge is 2.48. The lowest BCUT2D eigenvalue weighted by Gasteiger charge is -2.35. The summed E-state index contributed by atoms with van der Waals surface area (Å²) in [5, 5.41) is 12.8. The minimum Gasteiger partial charge on any atom is -0.480 e. The summed E-state index contributed by atoms with van der Waals surface area (Å²) in [5.41, 5.74) is 0. The van der Waals surface area contributed by atoms with Crippen molar-refractivity contribution in [3.8, 4) is 0 Å². The van der Waals surface area contributed by atoms with Crippen molar-refractivity contribution in [2.45, 2.75) is 89.9 Å². The average molecular weight is 379 g/mol. The summed E-state index contributed by atoms with van der Waals surface area (Å²) >= 11 is 0. The topological polar surface area (TPSA) is 69.6 Å². The number of amides is 1. The van der Waals surface area contributed by atoms with Crippen molar-refractivity contribution in [1.82, 2.24) is 10.2 Å². The van der Waals surface area contributed by atoms with Crippen LogP contribution in [0.5, 0.6) is 0 Å². The monoisotopic (exact) mass is 378 g/mol. The molecule has 0 radical (unpaired) electrons. The van der Waals surface area contributed by atoms with E-state index >= 15 is 0 Å². The van der Waals surface area contributed by atoms with Crippen LogP contribution in [0.3, 0.4) is 0 Å². The van der Waals surface area contributed by atoms with E-state index < -0.39 is 12.0 Å². The molecule has 142 valence electrons. The van der Waals surface area contributed by atoms with Crippen molar-refractivity contribution in [3.05, 3.63) is 0 Å². The number of carbonyl (C=O) groups excluding carboxylic acids is 1. The Hall–Kier alpha value is -0.400. The molecule has 1 saturated heterocycles. The molecular weight excluding hydrogens is 344 g/mol. The van der Waals surface area contributed by atoms with Crippen LogP contribution in [0.25, 0.3) is 0 Å². The van der Waals surface area contributed by atoms with Gasteiger partial charge in [0.25, 0.3) is 0 Å². The summed E-state index contributed by atoms with van der Waals surface area (Å²) in [4.78, 5) is 26.1. The summed E-state index contributed by atoms with van der Waals surface area (Å²) in [6.45, 7) is 6.07. The van der Waals surface area contributed by atoms with Gasteiger partial charge in [-0.15, -0.1) is 0 Å². The van der Waals surface area contributed by atoms with E-state index in [0.717, 1.165) is 38.5 Å². The predicted octanol–water partition coefficient (Wildman–Crippen LogP) is 2.62. The van der Waals surface area contributed by atoms with E-state index in [2.05, 4.69) is 19.2 Å². The maximum absolute atomic E-state index is 12.9. The van der Waals surface area contributed by atoms with Crippen LogP contribution in [-0.2, 0) is 9.59 Å². The molecule has 0 aromatic carbocycles. The Kier molecular flexibility index (Phi) is 10.4. The van der Waals surface area contributed by atoms with Gasteiger partial charge in [0.05, 0.1) is 6.04 Å². The number of nitrogens with zero attached hydrogens (tertiary/aromatic N) is 1. The molecule has 0 aromatic heterocycles. The van der Waals surface area contributed by atoms with Crippen LogP contribution < -0.4 is 5.32 Å². The minimum atomic E-state index is -0.850. The summed E-state index contributed by atoms with van der Waals surface area (Å²) in [6, 6.07) is -0.541. The Bertz CT molecular complexity index is 423. The molecule has 7 heteroatoms. The van der Waals surface area contributed by atoms with E-state index in [1.807, 2.05) is 6.92 Å². The third-order valence-corrected chi connectivity index (χ3v) is 5.25. The standard InChI is InChI=1S/C17H30N2O3.2H2S/c1-4-7-11(2)18-12(3)16(20)19-14-9-6-5-8-13(14)10-15(19)17(21)22;;/h11-15,18H,4-10H2,1-3H3,(H,21,22);2*1H2/t11-,12+,13+,14+,15+;;/m1../s1. The van der Waals surface area contributed by atoms with Gasteiger partial charge in [0.2, 0.25) is 5.91 Å². The molecule has 1 saturated carbocycles. The van der Waals surface area contributed by atoms with Crippen LogP contribution in [0.15, 0.2) is 0 Å². The highest BCUT2D eigenvalue weighted by atomic mass is 32.1. The van der Waals surface area contributed by atoms with Crippen LogP contribution in [0.2, 0.25) is 0 Å². The summed E-state index contributed by atoms with van der Waals surface area (Å²) in [5.74, 6) is -0.514. The van der Waals surface area contributed by atoms with Crippen LogP contribution in [0.1, 0.15) is 65.7 Å². The summed E-state index contributed by atoms with van der Waals surface area (Å²) in [6.07, 6.45) is 7.00. The Labute approximate surface area is 159 Å². The molecule has 0 spiro atoms. The average Bonchev–Trinajstić information content (AvgIpc) is 2.86. The molecule has 24 heavy (non-hydrogen) atoms. The molecule has 1 aliphatic heterocycles. The van der Waals surface area contributed by atoms with Crippen molar-refractivity contribution < 1.29 is 14.7 Å². The minimum absolute atomic E-state index is 0. The van der Waals surface area contributed by atoms with Crippen LogP contribution in [-0.4, -0.2) is 46.1 Å². The van der Waals surface area contributed by atoms with Crippen molar-refractivity contribution in [2.24, 2.45) is 5.92 Å². The number of hydrogen-bond acceptors (Lipinski definition) is 3. The van der Waals surface area contributed by atoms with E-state index in [1.165, 1.54) is 0 Å². The van der Waals surface area contributed by atoms with Gasteiger partial charge in [0.1, 0.15) is 6.04 Å². The maximum Gasteiger partial charge on any atom is 0.326 e. The smallest absolute Gasteiger partial charge is 0.326 e. The lowest BCUT2D eigenvalue weighted by Crippen LogP contribution is -2.54. The fourth-order valence-corrected chi connectivity index (χ4v) is 4.24. The van der Waals surface area contributed by atoms with Gasteiger partial charge in [-0.2, -0.15) is 27.0 Å². The van der Waals surface area contributed by atoms with Crippen LogP contribution >= 0.6 is 27.0 Å². The van der Waals surface area contributed by atoms with Crippen molar-refractivity contribution in [3.63, 3.8) is 0 Å². The lowest BCUT2D eigenvalue weighted by atomic mass is 9.84. The van der Waals surface area contributed by atoms with Gasteiger partial charge >= 0.3 is 5.97 Å². The molecule has 0 bridgehead atoms. The zero-order chi connectivity index (χ0) is 16.3. The quantitative estimate of drug-likeness (QED) is 0.745. The number of hydrogen-bond donors (Lipinski definition) is 2. The summed E-state index contributed by atoms with van der Waals surface area (Å²) < 4.78 is 0. The van der Waals surface area contributed by atoms with Crippen molar-refractivity contribution in [1.29, 1.82) is 0 Å². The lowest BCUT2D eigenvalue weighted by molar-refractivity contribution is -0.150. The number of nitrogens with one attached hydrogen (secondary N) is 1. The fraction of sp³-hybridized carbons (Fsp3) is 0.882. The first-order chi connectivity index (χ1) is 10.5. The molecule has 2 aliphatic rings. The van der Waals surface area contributed by atoms with E-state index in [0.29, 0.717) is 12.3 Å². The van der Waals surface area contributed by atoms with Gasteiger partial charge in [-0.25, -0.2) is 4.79 Å². The zero-order valence-corrected chi connectivity index (χ0v) is 17.0. The van der Waals surface area contributed by atoms with Crippen molar-refractivity contribution in [2.75, 3.05) is 0 Å². The molecule has 2 fully saturated rings. The van der Waals surface area contributed by atoms with Gasteiger partial charge in [-0.05, 0) is 45.4 Å². The SMILES string of the molecule is CCC[C@@H](C)N[C@@H](C)C(=O)N1[C@H](C(=O)O)C[C@@H]2CCCC[C@@H]21.S.S. The molecule has 2 N–H and O–H groups in total. The first kappa shape index (κ1) is 23.6. The molecule has 2 rings (SSSR count). The Morgan fingerprint density at radius 3 is 2.42 bits per heavy atom. The van der Waals surface area contributed by atoms with Gasteiger partial charge in [0.15, 0.2) is 0 Å². The van der Waals surface area contributed by atoms with Gasteiger partial charge in [-0.3, -0.25) is 4.79 Å².